The Labute approximate surface area is 108 Å². The molecule has 2 nitrogen and oxygen atoms in total. The molecule has 17 heavy (non-hydrogen) atoms. The van der Waals surface area contributed by atoms with Crippen molar-refractivity contribution < 1.29 is 9.47 Å². The summed E-state index contributed by atoms with van der Waals surface area (Å²) in [6.45, 7) is 7.17. The van der Waals surface area contributed by atoms with Gasteiger partial charge in [-0.05, 0) is 19.8 Å². The third-order valence-corrected chi connectivity index (χ3v) is 3.48. The average Bonchev–Trinajstić information content (AvgIpc) is 2.36. The zero-order chi connectivity index (χ0) is 13.0. The molecule has 1 unspecified atom stereocenters. The van der Waals surface area contributed by atoms with Gasteiger partial charge in [0.25, 0.3) is 0 Å². The zero-order valence-corrected chi connectivity index (χ0v) is 12.4. The third kappa shape index (κ3) is 7.77. The fraction of sp³-hybridized carbons (Fsp3) is 1.00. The van der Waals surface area contributed by atoms with Crippen LogP contribution in [-0.2, 0) is 9.47 Å². The Morgan fingerprint density at radius 2 is 1.41 bits per heavy atom. The highest BCUT2D eigenvalue weighted by molar-refractivity contribution is 4.67. The lowest BCUT2D eigenvalue weighted by molar-refractivity contribution is -0.226. The average molecular weight is 244 g/mol. The van der Waals surface area contributed by atoms with Gasteiger partial charge in [0.1, 0.15) is 0 Å². The van der Waals surface area contributed by atoms with Gasteiger partial charge in [-0.3, -0.25) is 0 Å². The summed E-state index contributed by atoms with van der Waals surface area (Å²) in [6.07, 6.45) is 11.3. The molecule has 0 spiro atoms. The first-order valence-corrected chi connectivity index (χ1v) is 7.43. The Balaban J connectivity index is 3.61. The van der Waals surface area contributed by atoms with Crippen molar-refractivity contribution in [1.82, 2.24) is 0 Å². The van der Waals surface area contributed by atoms with E-state index in [9.17, 15) is 0 Å². The number of hydrogen-bond donors (Lipinski definition) is 0. The van der Waals surface area contributed by atoms with Crippen LogP contribution in [0.2, 0.25) is 0 Å². The van der Waals surface area contributed by atoms with Crippen molar-refractivity contribution in [3.8, 4) is 0 Å². The lowest BCUT2D eigenvalue weighted by Gasteiger charge is -2.31. The Bertz CT molecular complexity index is 153. The molecule has 0 aliphatic rings. The molecule has 0 N–H and O–H groups in total. The molecule has 1 atom stereocenters. The number of unbranched alkanes of at least 4 members (excludes halogenated alkanes) is 6. The first-order chi connectivity index (χ1) is 8.24. The van der Waals surface area contributed by atoms with Gasteiger partial charge in [-0.2, -0.15) is 0 Å². The van der Waals surface area contributed by atoms with Crippen LogP contribution >= 0.6 is 0 Å². The smallest absolute Gasteiger partial charge is 0.167 e. The number of hydrogen-bond acceptors (Lipinski definition) is 2. The number of methoxy groups -OCH3 is 1. The monoisotopic (exact) mass is 244 g/mol. The van der Waals surface area contributed by atoms with Crippen molar-refractivity contribution >= 4 is 0 Å². The predicted octanol–water partition coefficient (Wildman–Crippen LogP) is 4.92. The first-order valence-electron chi connectivity index (χ1n) is 7.43. The molecule has 0 amide bonds. The molecule has 2 heteroatoms. The van der Waals surface area contributed by atoms with E-state index in [0.29, 0.717) is 0 Å². The summed E-state index contributed by atoms with van der Waals surface area (Å²) in [5.74, 6) is -0.321. The van der Waals surface area contributed by atoms with Crippen LogP contribution in [0.5, 0.6) is 0 Å². The second-order valence-electron chi connectivity index (χ2n) is 4.77. The first kappa shape index (κ1) is 16.9. The molecule has 0 aliphatic heterocycles. The Hall–Kier alpha value is -0.0800. The van der Waals surface area contributed by atoms with Gasteiger partial charge in [0.15, 0.2) is 5.79 Å². The summed E-state index contributed by atoms with van der Waals surface area (Å²) in [6, 6.07) is 0. The maximum atomic E-state index is 5.75. The van der Waals surface area contributed by atoms with Gasteiger partial charge in [0.05, 0.1) is 0 Å². The minimum absolute atomic E-state index is 0.321. The van der Waals surface area contributed by atoms with Crippen LogP contribution in [0.1, 0.15) is 78.6 Å². The Morgan fingerprint density at radius 3 is 1.88 bits per heavy atom. The third-order valence-electron chi connectivity index (χ3n) is 3.48. The van der Waals surface area contributed by atoms with Crippen LogP contribution in [0.25, 0.3) is 0 Å². The van der Waals surface area contributed by atoms with Crippen molar-refractivity contribution in [2.45, 2.75) is 84.3 Å². The van der Waals surface area contributed by atoms with Crippen molar-refractivity contribution in [1.29, 1.82) is 0 Å². The van der Waals surface area contributed by atoms with Crippen molar-refractivity contribution in [2.24, 2.45) is 0 Å². The van der Waals surface area contributed by atoms with Gasteiger partial charge >= 0.3 is 0 Å². The molecule has 0 aromatic heterocycles. The molecule has 0 saturated heterocycles. The predicted molar refractivity (Wildman–Crippen MR) is 74.3 cm³/mol. The van der Waals surface area contributed by atoms with E-state index in [1.54, 1.807) is 7.11 Å². The van der Waals surface area contributed by atoms with E-state index in [2.05, 4.69) is 13.8 Å². The highest BCUT2D eigenvalue weighted by Gasteiger charge is 2.27. The molecule has 0 rings (SSSR count). The molecular formula is C15H32O2. The van der Waals surface area contributed by atoms with Gasteiger partial charge < -0.3 is 9.47 Å². The van der Waals surface area contributed by atoms with Crippen molar-refractivity contribution in [3.05, 3.63) is 0 Å². The van der Waals surface area contributed by atoms with Gasteiger partial charge in [0.2, 0.25) is 0 Å². The minimum atomic E-state index is -0.321. The fourth-order valence-electron chi connectivity index (χ4n) is 2.27. The quantitative estimate of drug-likeness (QED) is 0.358. The summed E-state index contributed by atoms with van der Waals surface area (Å²) < 4.78 is 11.3. The van der Waals surface area contributed by atoms with Crippen molar-refractivity contribution in [3.63, 3.8) is 0 Å². The summed E-state index contributed by atoms with van der Waals surface area (Å²) >= 11 is 0. The molecule has 0 aliphatic carbocycles. The standard InChI is InChI=1S/C15H32O2/c1-5-8-9-10-11-12-13-14-15(6-2,16-4)17-7-3/h5-14H2,1-4H3. The van der Waals surface area contributed by atoms with Gasteiger partial charge in [-0.1, -0.05) is 52.4 Å². The topological polar surface area (TPSA) is 18.5 Å². The molecule has 0 aromatic rings. The van der Waals surface area contributed by atoms with Crippen LogP contribution in [0, 0.1) is 0 Å². The van der Waals surface area contributed by atoms with Gasteiger partial charge in [-0.15, -0.1) is 0 Å². The lowest BCUT2D eigenvalue weighted by Crippen LogP contribution is -2.34. The normalized spacial score (nSPS) is 14.8. The molecule has 0 heterocycles. The van der Waals surface area contributed by atoms with E-state index >= 15 is 0 Å². The van der Waals surface area contributed by atoms with Crippen molar-refractivity contribution in [2.75, 3.05) is 13.7 Å². The molecule has 104 valence electrons. The van der Waals surface area contributed by atoms with E-state index in [0.717, 1.165) is 19.4 Å². The van der Waals surface area contributed by atoms with E-state index in [-0.39, 0.29) is 5.79 Å². The van der Waals surface area contributed by atoms with Gasteiger partial charge in [-0.25, -0.2) is 0 Å². The number of rotatable bonds is 12. The highest BCUT2D eigenvalue weighted by atomic mass is 16.7. The van der Waals surface area contributed by atoms with Crippen LogP contribution in [0.15, 0.2) is 0 Å². The maximum absolute atomic E-state index is 5.75. The van der Waals surface area contributed by atoms with E-state index in [4.69, 9.17) is 9.47 Å². The summed E-state index contributed by atoms with van der Waals surface area (Å²) in [4.78, 5) is 0. The summed E-state index contributed by atoms with van der Waals surface area (Å²) in [5, 5.41) is 0. The second-order valence-corrected chi connectivity index (χ2v) is 4.77. The van der Waals surface area contributed by atoms with Crippen LogP contribution in [0.4, 0.5) is 0 Å². The maximum Gasteiger partial charge on any atom is 0.167 e. The minimum Gasteiger partial charge on any atom is -0.353 e. The SMILES string of the molecule is CCCCCCCCCC(CC)(OC)OCC. The second kappa shape index (κ2) is 11.0. The summed E-state index contributed by atoms with van der Waals surface area (Å²) in [7, 11) is 1.76. The highest BCUT2D eigenvalue weighted by Crippen LogP contribution is 2.24. The lowest BCUT2D eigenvalue weighted by atomic mass is 10.0. The number of ether oxygens (including phenoxy) is 2. The Kier molecular flexibility index (Phi) is 11.0. The van der Waals surface area contributed by atoms with E-state index < -0.39 is 0 Å². The Morgan fingerprint density at radius 1 is 0.824 bits per heavy atom. The van der Waals surface area contributed by atoms with Crippen LogP contribution in [0.3, 0.4) is 0 Å². The largest absolute Gasteiger partial charge is 0.353 e. The summed E-state index contributed by atoms with van der Waals surface area (Å²) in [5.41, 5.74) is 0. The molecule has 0 saturated carbocycles. The van der Waals surface area contributed by atoms with Crippen LogP contribution < -0.4 is 0 Å². The molecular weight excluding hydrogens is 212 g/mol. The fourth-order valence-corrected chi connectivity index (χ4v) is 2.27. The molecule has 0 fully saturated rings. The van der Waals surface area contributed by atoms with Crippen LogP contribution in [-0.4, -0.2) is 19.5 Å². The molecule has 0 radical (unpaired) electrons. The zero-order valence-electron chi connectivity index (χ0n) is 12.4. The molecule has 0 bridgehead atoms. The van der Waals surface area contributed by atoms with Gasteiger partial charge in [0, 0.05) is 20.1 Å². The molecule has 0 aromatic carbocycles. The van der Waals surface area contributed by atoms with E-state index in [1.165, 1.54) is 44.9 Å². The van der Waals surface area contributed by atoms with E-state index in [1.807, 2.05) is 6.92 Å².